The monoisotopic (exact) mass is 581 g/mol. The lowest BCUT2D eigenvalue weighted by Gasteiger charge is -2.29. The van der Waals surface area contributed by atoms with Crippen LogP contribution in [0.15, 0.2) is 83.8 Å². The number of nitrogens with zero attached hydrogens (tertiary/aromatic N) is 2. The van der Waals surface area contributed by atoms with Crippen LogP contribution in [0, 0.1) is 0 Å². The van der Waals surface area contributed by atoms with Gasteiger partial charge in [-0.25, -0.2) is 8.42 Å². The van der Waals surface area contributed by atoms with Crippen molar-refractivity contribution in [2.24, 2.45) is 0 Å². The van der Waals surface area contributed by atoms with Crippen molar-refractivity contribution in [2.45, 2.75) is 31.0 Å². The van der Waals surface area contributed by atoms with E-state index >= 15 is 0 Å². The van der Waals surface area contributed by atoms with Crippen molar-refractivity contribution < 1.29 is 32.2 Å². The maximum absolute atomic E-state index is 13.4. The van der Waals surface area contributed by atoms with E-state index in [-0.39, 0.29) is 24.0 Å². The van der Waals surface area contributed by atoms with Gasteiger partial charge in [0.2, 0.25) is 15.9 Å². The molecule has 1 N–H and O–H groups in total. The summed E-state index contributed by atoms with van der Waals surface area (Å²) in [5.74, 6) is 0.328. The van der Waals surface area contributed by atoms with E-state index in [9.17, 15) is 18.0 Å². The zero-order valence-electron chi connectivity index (χ0n) is 23.2. The van der Waals surface area contributed by atoms with Gasteiger partial charge in [-0.15, -0.1) is 0 Å². The van der Waals surface area contributed by atoms with Gasteiger partial charge in [0.05, 0.1) is 25.2 Å². The highest BCUT2D eigenvalue weighted by atomic mass is 32.2. The first kappa shape index (κ1) is 30.0. The number of sulfonamides is 1. The van der Waals surface area contributed by atoms with Gasteiger partial charge in [-0.1, -0.05) is 42.5 Å². The van der Waals surface area contributed by atoms with Crippen molar-refractivity contribution in [1.82, 2.24) is 14.5 Å². The minimum absolute atomic E-state index is 0.142. The number of amides is 2. The van der Waals surface area contributed by atoms with E-state index in [2.05, 4.69) is 5.32 Å². The van der Waals surface area contributed by atoms with Crippen LogP contribution in [0.4, 0.5) is 0 Å². The third-order valence-electron chi connectivity index (χ3n) is 6.78. The quantitative estimate of drug-likeness (QED) is 0.350. The first-order valence-electron chi connectivity index (χ1n) is 13.3. The summed E-state index contributed by atoms with van der Waals surface area (Å²) in [5.41, 5.74) is 1.77. The first-order valence-corrected chi connectivity index (χ1v) is 14.8. The van der Waals surface area contributed by atoms with Gasteiger partial charge in [-0.3, -0.25) is 9.59 Å². The summed E-state index contributed by atoms with van der Waals surface area (Å²) in [4.78, 5) is 28.0. The predicted molar refractivity (Wildman–Crippen MR) is 153 cm³/mol. The first-order chi connectivity index (χ1) is 19.8. The predicted octanol–water partition coefficient (Wildman–Crippen LogP) is 2.83. The van der Waals surface area contributed by atoms with Crippen LogP contribution in [0.5, 0.6) is 11.5 Å². The lowest BCUT2D eigenvalue weighted by molar-refractivity contribution is -0.142. The average Bonchev–Trinajstić information content (AvgIpc) is 3.02. The lowest BCUT2D eigenvalue weighted by atomic mass is 10.1. The van der Waals surface area contributed by atoms with Gasteiger partial charge in [0.1, 0.15) is 17.5 Å². The second kappa shape index (κ2) is 14.1. The van der Waals surface area contributed by atoms with Gasteiger partial charge < -0.3 is 24.4 Å². The van der Waals surface area contributed by atoms with Gasteiger partial charge in [0.25, 0.3) is 5.91 Å². The Kier molecular flexibility index (Phi) is 10.3. The van der Waals surface area contributed by atoms with Crippen LogP contribution in [0.2, 0.25) is 0 Å². The molecule has 1 fully saturated rings. The number of hydrogen-bond acceptors (Lipinski definition) is 7. The van der Waals surface area contributed by atoms with Crippen LogP contribution in [-0.4, -0.2) is 75.5 Å². The molecule has 10 nitrogen and oxygen atoms in total. The van der Waals surface area contributed by atoms with E-state index in [0.717, 1.165) is 11.1 Å². The van der Waals surface area contributed by atoms with Crippen LogP contribution in [0.25, 0.3) is 0 Å². The Morgan fingerprint density at radius 2 is 1.56 bits per heavy atom. The molecule has 1 heterocycles. The maximum atomic E-state index is 13.4. The topological polar surface area (TPSA) is 114 Å². The van der Waals surface area contributed by atoms with Crippen molar-refractivity contribution in [3.8, 4) is 11.5 Å². The van der Waals surface area contributed by atoms with Gasteiger partial charge in [-0.05, 0) is 54.4 Å². The minimum atomic E-state index is -3.64. The molecule has 0 spiro atoms. The largest absolute Gasteiger partial charge is 0.497 e. The van der Waals surface area contributed by atoms with Crippen molar-refractivity contribution in [1.29, 1.82) is 0 Å². The molecule has 1 aliphatic heterocycles. The second-order valence-corrected chi connectivity index (χ2v) is 11.5. The number of methoxy groups -OCH3 is 1. The molecule has 1 aliphatic rings. The van der Waals surface area contributed by atoms with Crippen LogP contribution >= 0.6 is 0 Å². The molecule has 0 aromatic heterocycles. The summed E-state index contributed by atoms with van der Waals surface area (Å²) in [6, 6.07) is 21.9. The van der Waals surface area contributed by atoms with Crippen molar-refractivity contribution >= 4 is 21.8 Å². The lowest BCUT2D eigenvalue weighted by Crippen LogP contribution is -2.48. The molecule has 0 unspecified atom stereocenters. The molecular formula is C30H35N3O7S. The van der Waals surface area contributed by atoms with Gasteiger partial charge in [0.15, 0.2) is 6.61 Å². The minimum Gasteiger partial charge on any atom is -0.497 e. The molecule has 1 saturated heterocycles. The van der Waals surface area contributed by atoms with Crippen molar-refractivity contribution in [3.05, 3.63) is 90.0 Å². The summed E-state index contributed by atoms with van der Waals surface area (Å²) in [7, 11) is -2.07. The van der Waals surface area contributed by atoms with E-state index in [1.165, 1.54) is 33.5 Å². The van der Waals surface area contributed by atoms with Crippen LogP contribution in [0.1, 0.15) is 18.1 Å². The van der Waals surface area contributed by atoms with Crippen molar-refractivity contribution in [3.63, 3.8) is 0 Å². The van der Waals surface area contributed by atoms with E-state index in [0.29, 0.717) is 44.3 Å². The Bertz CT molecular complexity index is 1390. The fraction of sp³-hybridized carbons (Fsp3) is 0.333. The van der Waals surface area contributed by atoms with Crippen LogP contribution in [-0.2, 0) is 37.4 Å². The number of benzene rings is 3. The summed E-state index contributed by atoms with van der Waals surface area (Å²) >= 11 is 0. The Balaban J connectivity index is 1.42. The third-order valence-corrected chi connectivity index (χ3v) is 8.70. The molecule has 0 bridgehead atoms. The number of morpholine rings is 1. The zero-order valence-corrected chi connectivity index (χ0v) is 24.0. The molecule has 41 heavy (non-hydrogen) atoms. The Morgan fingerprint density at radius 3 is 2.20 bits per heavy atom. The molecule has 3 aromatic carbocycles. The number of carbonyl (C=O) groups excluding carboxylic acids is 2. The maximum Gasteiger partial charge on any atom is 0.261 e. The highest BCUT2D eigenvalue weighted by Gasteiger charge is 2.28. The summed E-state index contributed by atoms with van der Waals surface area (Å²) in [6.45, 7) is 3.19. The molecule has 1 atom stereocenters. The normalized spacial score (nSPS) is 14.6. The van der Waals surface area contributed by atoms with E-state index in [1.807, 2.05) is 42.5 Å². The van der Waals surface area contributed by atoms with E-state index < -0.39 is 22.0 Å². The average molecular weight is 582 g/mol. The van der Waals surface area contributed by atoms with Crippen LogP contribution < -0.4 is 14.8 Å². The summed E-state index contributed by atoms with van der Waals surface area (Å²) in [5, 5.41) is 2.90. The number of ether oxygens (including phenoxy) is 3. The van der Waals surface area contributed by atoms with E-state index in [1.54, 1.807) is 26.2 Å². The Morgan fingerprint density at radius 1 is 0.927 bits per heavy atom. The molecule has 0 saturated carbocycles. The molecule has 4 rings (SSSR count). The standard InChI is InChI=1S/C30H35N3O7S/c1-23(30(35)31-20-24-6-4-3-5-7-24)33(21-25-8-10-26(38-2)11-9-25)29(34)22-40-27-12-14-28(15-13-27)41(36,37)32-16-18-39-19-17-32/h3-15,23H,16-22H2,1-2H3,(H,31,35)/t23-/m1/s1. The molecule has 11 heteroatoms. The smallest absolute Gasteiger partial charge is 0.261 e. The summed E-state index contributed by atoms with van der Waals surface area (Å²) in [6.07, 6.45) is 0. The van der Waals surface area contributed by atoms with Crippen molar-refractivity contribution in [2.75, 3.05) is 40.0 Å². The highest BCUT2D eigenvalue weighted by Crippen LogP contribution is 2.21. The fourth-order valence-corrected chi connectivity index (χ4v) is 5.72. The Labute approximate surface area is 240 Å². The number of nitrogens with one attached hydrogen (secondary N) is 1. The van der Waals surface area contributed by atoms with Gasteiger partial charge in [-0.2, -0.15) is 4.31 Å². The van der Waals surface area contributed by atoms with Gasteiger partial charge in [0, 0.05) is 26.2 Å². The molecule has 0 radical (unpaired) electrons. The van der Waals surface area contributed by atoms with Gasteiger partial charge >= 0.3 is 0 Å². The fourth-order valence-electron chi connectivity index (χ4n) is 4.31. The summed E-state index contributed by atoms with van der Waals surface area (Å²) < 4.78 is 43.3. The number of rotatable bonds is 12. The molecule has 218 valence electrons. The molecule has 2 amide bonds. The molecule has 3 aromatic rings. The molecular weight excluding hydrogens is 546 g/mol. The van der Waals surface area contributed by atoms with Crippen LogP contribution in [0.3, 0.4) is 0 Å². The number of carbonyl (C=O) groups is 2. The zero-order chi connectivity index (χ0) is 29.2. The van der Waals surface area contributed by atoms with E-state index in [4.69, 9.17) is 14.2 Å². The molecule has 0 aliphatic carbocycles. The number of hydrogen-bond donors (Lipinski definition) is 1. The third kappa shape index (κ3) is 8.06. The SMILES string of the molecule is COc1ccc(CN(C(=O)COc2ccc(S(=O)(=O)N3CCOCC3)cc2)[C@H](C)C(=O)NCc2ccccc2)cc1. The second-order valence-electron chi connectivity index (χ2n) is 9.53. The Hall–Kier alpha value is -3.93. The highest BCUT2D eigenvalue weighted by molar-refractivity contribution is 7.89.